The number of aromatic amines is 1. The summed E-state index contributed by atoms with van der Waals surface area (Å²) in [5.74, 6) is 0.837. The van der Waals surface area contributed by atoms with E-state index in [0.29, 0.717) is 0 Å². The van der Waals surface area contributed by atoms with Crippen LogP contribution in [0, 0.1) is 0 Å². The molecule has 4 rings (SSSR count). The molecule has 0 bridgehead atoms. The number of hydrogen-bond donors (Lipinski definition) is 2. The highest BCUT2D eigenvalue weighted by Crippen LogP contribution is 2.27. The van der Waals surface area contributed by atoms with Gasteiger partial charge in [0, 0.05) is 36.1 Å². The minimum absolute atomic E-state index is 0.837. The molecule has 6 heteroatoms. The first-order chi connectivity index (χ1) is 10.8. The van der Waals surface area contributed by atoms with E-state index in [1.807, 2.05) is 48.1 Å². The molecule has 0 fully saturated rings. The van der Waals surface area contributed by atoms with Crippen LogP contribution in [0.4, 0.5) is 11.4 Å². The molecule has 0 saturated heterocycles. The predicted molar refractivity (Wildman–Crippen MR) is 85.8 cm³/mol. The molecule has 0 atom stereocenters. The summed E-state index contributed by atoms with van der Waals surface area (Å²) in [4.78, 5) is 7.46. The molecular formula is C16H14N6. The lowest BCUT2D eigenvalue weighted by Gasteiger charge is -2.07. The second-order valence-electron chi connectivity index (χ2n) is 5.07. The van der Waals surface area contributed by atoms with E-state index in [9.17, 15) is 0 Å². The van der Waals surface area contributed by atoms with Crippen LogP contribution in [0.25, 0.3) is 22.4 Å². The minimum atomic E-state index is 0.837. The molecule has 0 aliphatic rings. The highest BCUT2D eigenvalue weighted by Gasteiger charge is 2.07. The van der Waals surface area contributed by atoms with Crippen molar-refractivity contribution in [3.63, 3.8) is 0 Å². The molecule has 4 aromatic rings. The maximum absolute atomic E-state index is 4.30. The van der Waals surface area contributed by atoms with E-state index < -0.39 is 0 Å². The molecule has 3 heterocycles. The SMILES string of the molecule is Cn1cnnc1-c1cccc(Nc2c[nH]c3ncccc23)c1. The van der Waals surface area contributed by atoms with Crippen molar-refractivity contribution >= 4 is 22.4 Å². The van der Waals surface area contributed by atoms with Crippen molar-refractivity contribution in [2.24, 2.45) is 7.05 Å². The van der Waals surface area contributed by atoms with Crippen LogP contribution >= 0.6 is 0 Å². The van der Waals surface area contributed by atoms with Gasteiger partial charge in [0.15, 0.2) is 5.82 Å². The molecular weight excluding hydrogens is 276 g/mol. The second kappa shape index (κ2) is 5.00. The number of anilines is 2. The molecule has 0 radical (unpaired) electrons. The highest BCUT2D eigenvalue weighted by atomic mass is 15.2. The molecule has 6 nitrogen and oxygen atoms in total. The van der Waals surface area contributed by atoms with Crippen LogP contribution in [0.5, 0.6) is 0 Å². The zero-order valence-corrected chi connectivity index (χ0v) is 12.0. The van der Waals surface area contributed by atoms with Crippen LogP contribution in [-0.2, 0) is 7.05 Å². The Kier molecular flexibility index (Phi) is 2.86. The fraction of sp³-hybridized carbons (Fsp3) is 0.0625. The Balaban J connectivity index is 1.70. The third kappa shape index (κ3) is 2.10. The number of rotatable bonds is 3. The number of H-pyrrole nitrogens is 1. The summed E-state index contributed by atoms with van der Waals surface area (Å²) in [5.41, 5.74) is 3.88. The van der Waals surface area contributed by atoms with E-state index in [1.165, 1.54) is 0 Å². The number of pyridine rings is 1. The monoisotopic (exact) mass is 290 g/mol. The largest absolute Gasteiger partial charge is 0.354 e. The first-order valence-electron chi connectivity index (χ1n) is 6.95. The summed E-state index contributed by atoms with van der Waals surface area (Å²) in [7, 11) is 1.93. The molecule has 0 saturated carbocycles. The number of benzene rings is 1. The van der Waals surface area contributed by atoms with Gasteiger partial charge < -0.3 is 14.9 Å². The van der Waals surface area contributed by atoms with Gasteiger partial charge in [-0.25, -0.2) is 4.98 Å². The van der Waals surface area contributed by atoms with Crippen molar-refractivity contribution in [3.8, 4) is 11.4 Å². The Bertz CT molecular complexity index is 936. The lowest BCUT2D eigenvalue weighted by molar-refractivity contribution is 0.920. The first-order valence-corrected chi connectivity index (χ1v) is 6.95. The van der Waals surface area contributed by atoms with Crippen LogP contribution in [0.2, 0.25) is 0 Å². The number of aryl methyl sites for hydroxylation is 1. The quantitative estimate of drug-likeness (QED) is 0.608. The predicted octanol–water partition coefficient (Wildman–Crippen LogP) is 3.10. The Hall–Kier alpha value is -3.15. The Labute approximate surface area is 126 Å². The van der Waals surface area contributed by atoms with E-state index in [0.717, 1.165) is 33.8 Å². The lowest BCUT2D eigenvalue weighted by atomic mass is 10.2. The van der Waals surface area contributed by atoms with Crippen molar-refractivity contribution in [1.82, 2.24) is 24.7 Å². The van der Waals surface area contributed by atoms with Crippen LogP contribution < -0.4 is 5.32 Å². The molecule has 2 N–H and O–H groups in total. The van der Waals surface area contributed by atoms with Crippen LogP contribution in [0.3, 0.4) is 0 Å². The highest BCUT2D eigenvalue weighted by molar-refractivity contribution is 5.92. The molecule has 0 unspecified atom stereocenters. The number of fused-ring (bicyclic) bond motifs is 1. The average molecular weight is 290 g/mol. The van der Waals surface area contributed by atoms with Crippen molar-refractivity contribution in [3.05, 3.63) is 55.1 Å². The van der Waals surface area contributed by atoms with Gasteiger partial charge in [0.25, 0.3) is 0 Å². The van der Waals surface area contributed by atoms with Gasteiger partial charge in [0.05, 0.1) is 5.69 Å². The summed E-state index contributed by atoms with van der Waals surface area (Å²) in [5, 5.41) is 12.5. The Morgan fingerprint density at radius 3 is 3.00 bits per heavy atom. The van der Waals surface area contributed by atoms with E-state index >= 15 is 0 Å². The third-order valence-corrected chi connectivity index (χ3v) is 3.56. The van der Waals surface area contributed by atoms with Crippen molar-refractivity contribution in [2.45, 2.75) is 0 Å². The van der Waals surface area contributed by atoms with E-state index in [1.54, 1.807) is 12.5 Å². The average Bonchev–Trinajstić information content (AvgIpc) is 3.15. The van der Waals surface area contributed by atoms with Crippen LogP contribution in [-0.4, -0.2) is 24.7 Å². The number of aromatic nitrogens is 5. The summed E-state index contributed by atoms with van der Waals surface area (Å²) in [6, 6.07) is 12.1. The van der Waals surface area contributed by atoms with E-state index in [-0.39, 0.29) is 0 Å². The molecule has 0 aliphatic heterocycles. The summed E-state index contributed by atoms with van der Waals surface area (Å²) < 4.78 is 1.90. The van der Waals surface area contributed by atoms with Crippen LogP contribution in [0.1, 0.15) is 0 Å². The van der Waals surface area contributed by atoms with Gasteiger partial charge in [-0.2, -0.15) is 0 Å². The summed E-state index contributed by atoms with van der Waals surface area (Å²) in [6.07, 6.45) is 5.39. The molecule has 0 spiro atoms. The smallest absolute Gasteiger partial charge is 0.163 e. The standard InChI is InChI=1S/C16H14N6/c1-22-10-19-21-16(22)11-4-2-5-12(8-11)20-14-9-18-15-13(14)6-3-7-17-15/h2-10,20H,1H3,(H,17,18). The number of nitrogens with zero attached hydrogens (tertiary/aromatic N) is 4. The Morgan fingerprint density at radius 1 is 1.18 bits per heavy atom. The van der Waals surface area contributed by atoms with E-state index in [2.05, 4.69) is 31.5 Å². The molecule has 3 aromatic heterocycles. The van der Waals surface area contributed by atoms with Gasteiger partial charge in [-0.1, -0.05) is 12.1 Å². The third-order valence-electron chi connectivity index (χ3n) is 3.56. The van der Waals surface area contributed by atoms with Crippen molar-refractivity contribution in [1.29, 1.82) is 0 Å². The molecule has 0 amide bonds. The van der Waals surface area contributed by atoms with E-state index in [4.69, 9.17) is 0 Å². The van der Waals surface area contributed by atoms with Gasteiger partial charge in [-0.05, 0) is 24.3 Å². The zero-order valence-electron chi connectivity index (χ0n) is 12.0. The molecule has 0 aliphatic carbocycles. The maximum atomic E-state index is 4.30. The number of hydrogen-bond acceptors (Lipinski definition) is 4. The van der Waals surface area contributed by atoms with Gasteiger partial charge in [-0.3, -0.25) is 0 Å². The fourth-order valence-corrected chi connectivity index (χ4v) is 2.50. The molecule has 22 heavy (non-hydrogen) atoms. The zero-order chi connectivity index (χ0) is 14.9. The van der Waals surface area contributed by atoms with Crippen LogP contribution in [0.15, 0.2) is 55.1 Å². The van der Waals surface area contributed by atoms with Crippen molar-refractivity contribution in [2.75, 3.05) is 5.32 Å². The molecule has 108 valence electrons. The first kappa shape index (κ1) is 12.6. The lowest BCUT2D eigenvalue weighted by Crippen LogP contribution is -1.93. The summed E-state index contributed by atoms with van der Waals surface area (Å²) >= 11 is 0. The second-order valence-corrected chi connectivity index (χ2v) is 5.07. The molecule has 1 aromatic carbocycles. The Morgan fingerprint density at radius 2 is 2.14 bits per heavy atom. The van der Waals surface area contributed by atoms with Crippen molar-refractivity contribution < 1.29 is 0 Å². The minimum Gasteiger partial charge on any atom is -0.354 e. The van der Waals surface area contributed by atoms with Gasteiger partial charge >= 0.3 is 0 Å². The van der Waals surface area contributed by atoms with Gasteiger partial charge in [0.1, 0.15) is 12.0 Å². The topological polar surface area (TPSA) is 71.4 Å². The fourth-order valence-electron chi connectivity index (χ4n) is 2.50. The number of nitrogens with one attached hydrogen (secondary N) is 2. The summed E-state index contributed by atoms with van der Waals surface area (Å²) in [6.45, 7) is 0. The normalized spacial score (nSPS) is 11.0. The van der Waals surface area contributed by atoms with Gasteiger partial charge in [-0.15, -0.1) is 10.2 Å². The van der Waals surface area contributed by atoms with Gasteiger partial charge in [0.2, 0.25) is 0 Å². The maximum Gasteiger partial charge on any atom is 0.163 e.